The number of carbonyl (C=O) groups is 3. The number of aromatic nitrogens is 2. The van der Waals surface area contributed by atoms with Gasteiger partial charge in [0.15, 0.2) is 5.76 Å². The zero-order valence-corrected chi connectivity index (χ0v) is 22.1. The molecule has 1 atom stereocenters. The van der Waals surface area contributed by atoms with Gasteiger partial charge in [0.2, 0.25) is 5.78 Å². The third kappa shape index (κ3) is 5.08. The third-order valence-corrected chi connectivity index (χ3v) is 7.60. The number of thiazole rings is 1. The average molecular weight is 540 g/mol. The third-order valence-electron chi connectivity index (χ3n) is 6.39. The van der Waals surface area contributed by atoms with Crippen LogP contribution in [-0.4, -0.2) is 44.2 Å². The van der Waals surface area contributed by atoms with Crippen molar-refractivity contribution < 1.29 is 24.2 Å². The lowest BCUT2D eigenvalue weighted by molar-refractivity contribution is -0.130. The van der Waals surface area contributed by atoms with E-state index in [1.165, 1.54) is 16.2 Å². The molecule has 1 amide bonds. The van der Waals surface area contributed by atoms with E-state index in [9.17, 15) is 19.5 Å². The zero-order valence-electron chi connectivity index (χ0n) is 21.3. The maximum atomic E-state index is 13.9. The van der Waals surface area contributed by atoms with Crippen molar-refractivity contribution in [3.8, 4) is 10.6 Å². The van der Waals surface area contributed by atoms with Gasteiger partial charge < -0.3 is 14.7 Å². The first-order valence-electron chi connectivity index (χ1n) is 12.4. The number of carbonyl (C=O) groups excluding carboxylic acids is 3. The summed E-state index contributed by atoms with van der Waals surface area (Å²) in [5.41, 5.74) is 3.09. The second-order valence-electron chi connectivity index (χ2n) is 8.93. The Balaban J connectivity index is 1.50. The van der Waals surface area contributed by atoms with Gasteiger partial charge in [-0.15, -0.1) is 11.3 Å². The van der Waals surface area contributed by atoms with Crippen LogP contribution < -0.4 is 0 Å². The first-order chi connectivity index (χ1) is 18.9. The number of nitrogens with zero attached hydrogens (tertiary/aromatic N) is 3. The molecule has 0 spiro atoms. The van der Waals surface area contributed by atoms with Crippen LogP contribution in [-0.2, 0) is 16.1 Å². The fourth-order valence-corrected chi connectivity index (χ4v) is 5.55. The summed E-state index contributed by atoms with van der Waals surface area (Å²) in [5, 5.41) is 11.7. The highest BCUT2D eigenvalue weighted by Gasteiger charge is 2.44. The van der Waals surface area contributed by atoms with E-state index in [1.54, 1.807) is 62.6 Å². The van der Waals surface area contributed by atoms with E-state index in [2.05, 4.69) is 9.97 Å². The number of aliphatic hydroxyl groups is 1. The fraction of sp³-hybridized carbons (Fsp3) is 0.167. The van der Waals surface area contributed by atoms with Gasteiger partial charge in [-0.2, -0.15) is 0 Å². The Morgan fingerprint density at radius 2 is 1.79 bits per heavy atom. The predicted molar refractivity (Wildman–Crippen MR) is 146 cm³/mol. The zero-order chi connectivity index (χ0) is 27.5. The number of benzene rings is 2. The molecule has 0 fully saturated rings. The normalized spacial score (nSPS) is 15.1. The Morgan fingerprint density at radius 1 is 1.05 bits per heavy atom. The smallest absolute Gasteiger partial charge is 0.338 e. The average Bonchev–Trinajstić information content (AvgIpc) is 3.47. The molecule has 39 heavy (non-hydrogen) atoms. The first kappa shape index (κ1) is 26.0. The molecule has 0 radical (unpaired) electrons. The lowest BCUT2D eigenvalue weighted by atomic mass is 9.96. The number of aliphatic hydroxyl groups excluding tert-OH is 1. The predicted octanol–water partition coefficient (Wildman–Crippen LogP) is 5.47. The topological polar surface area (TPSA) is 110 Å². The molecule has 1 aliphatic heterocycles. The molecule has 8 nitrogen and oxygen atoms in total. The van der Waals surface area contributed by atoms with Crippen LogP contribution in [0.4, 0.5) is 0 Å². The lowest BCUT2D eigenvalue weighted by Gasteiger charge is -2.26. The second kappa shape index (κ2) is 11.0. The van der Waals surface area contributed by atoms with Crippen molar-refractivity contribution >= 4 is 29.0 Å². The maximum absolute atomic E-state index is 13.9. The molecule has 0 bridgehead atoms. The van der Waals surface area contributed by atoms with Crippen molar-refractivity contribution in [2.24, 2.45) is 0 Å². The number of aryl methyl sites for hydroxylation is 1. The Kier molecular flexibility index (Phi) is 7.33. The highest BCUT2D eigenvalue weighted by atomic mass is 32.1. The van der Waals surface area contributed by atoms with Crippen molar-refractivity contribution in [1.82, 2.24) is 14.9 Å². The summed E-state index contributed by atoms with van der Waals surface area (Å²) in [4.78, 5) is 49.9. The summed E-state index contributed by atoms with van der Waals surface area (Å²) >= 11 is 1.23. The molecule has 3 heterocycles. The second-order valence-corrected chi connectivity index (χ2v) is 9.93. The van der Waals surface area contributed by atoms with E-state index in [4.69, 9.17) is 4.74 Å². The minimum absolute atomic E-state index is 0.0116. The molecule has 4 aromatic rings. The van der Waals surface area contributed by atoms with Crippen LogP contribution in [0.5, 0.6) is 0 Å². The lowest BCUT2D eigenvalue weighted by Crippen LogP contribution is -2.30. The van der Waals surface area contributed by atoms with Crippen LogP contribution in [0.3, 0.4) is 0 Å². The molecule has 0 aliphatic carbocycles. The van der Waals surface area contributed by atoms with Crippen LogP contribution in [0.15, 0.2) is 90.5 Å². The number of esters is 1. The SMILES string of the molecule is CCOC(=O)c1ccc(CN2C(=O)C(O)=C(C(=O)c3sc(-c4ccccc4)nc3C)C2c2cccnc2)cc1. The van der Waals surface area contributed by atoms with Gasteiger partial charge in [-0.1, -0.05) is 48.5 Å². The molecule has 1 N–H and O–H groups in total. The van der Waals surface area contributed by atoms with Gasteiger partial charge >= 0.3 is 5.97 Å². The Hall–Kier alpha value is -4.63. The summed E-state index contributed by atoms with van der Waals surface area (Å²) in [5.74, 6) is -2.14. The molecular weight excluding hydrogens is 514 g/mol. The van der Waals surface area contributed by atoms with Gasteiger partial charge in [-0.3, -0.25) is 14.6 Å². The van der Waals surface area contributed by atoms with Crippen molar-refractivity contribution in [3.63, 3.8) is 0 Å². The van der Waals surface area contributed by atoms with E-state index in [0.29, 0.717) is 32.3 Å². The summed E-state index contributed by atoms with van der Waals surface area (Å²) in [6.45, 7) is 3.84. The van der Waals surface area contributed by atoms with Gasteiger partial charge in [0, 0.05) is 24.5 Å². The molecule has 2 aromatic heterocycles. The number of hydrogen-bond donors (Lipinski definition) is 1. The van der Waals surface area contributed by atoms with Crippen LogP contribution in [0, 0.1) is 6.92 Å². The number of ether oxygens (including phenoxy) is 1. The van der Waals surface area contributed by atoms with Gasteiger partial charge in [0.25, 0.3) is 5.91 Å². The summed E-state index contributed by atoms with van der Waals surface area (Å²) < 4.78 is 5.04. The molecule has 5 rings (SSSR count). The molecule has 1 aliphatic rings. The van der Waals surface area contributed by atoms with E-state index in [-0.39, 0.29) is 18.7 Å². The van der Waals surface area contributed by atoms with Gasteiger partial charge in [0.1, 0.15) is 5.01 Å². The molecule has 9 heteroatoms. The molecule has 0 saturated carbocycles. The van der Waals surface area contributed by atoms with Gasteiger partial charge in [0.05, 0.1) is 34.4 Å². The van der Waals surface area contributed by atoms with E-state index >= 15 is 0 Å². The standard InChI is InChI=1S/C30H25N3O5S/c1-3-38-30(37)21-13-11-19(12-14-21)17-33-24(22-10-7-15-31-16-22)23(26(35)29(33)36)25(34)27-18(2)32-28(39-27)20-8-5-4-6-9-20/h4-16,24,35H,3,17H2,1-2H3. The summed E-state index contributed by atoms with van der Waals surface area (Å²) in [7, 11) is 0. The van der Waals surface area contributed by atoms with E-state index < -0.39 is 29.5 Å². The molecule has 2 aromatic carbocycles. The molecule has 0 saturated heterocycles. The quantitative estimate of drug-likeness (QED) is 0.234. The van der Waals surface area contributed by atoms with Crippen LogP contribution >= 0.6 is 11.3 Å². The number of ketones is 1. The Labute approximate surface area is 229 Å². The minimum Gasteiger partial charge on any atom is -0.503 e. The highest BCUT2D eigenvalue weighted by Crippen LogP contribution is 2.41. The Bertz CT molecular complexity index is 1560. The maximum Gasteiger partial charge on any atom is 0.338 e. The first-order valence-corrected chi connectivity index (χ1v) is 13.2. The number of pyridine rings is 1. The highest BCUT2D eigenvalue weighted by molar-refractivity contribution is 7.17. The van der Waals surface area contributed by atoms with Crippen molar-refractivity contribution in [1.29, 1.82) is 0 Å². The number of rotatable bonds is 8. The Morgan fingerprint density at radius 3 is 2.46 bits per heavy atom. The van der Waals surface area contributed by atoms with Gasteiger partial charge in [-0.05, 0) is 43.2 Å². The summed E-state index contributed by atoms with van der Waals surface area (Å²) in [6.07, 6.45) is 3.18. The van der Waals surface area contributed by atoms with Crippen LogP contribution in [0.2, 0.25) is 0 Å². The fourth-order valence-electron chi connectivity index (χ4n) is 4.52. The van der Waals surface area contributed by atoms with E-state index in [0.717, 1.165) is 5.56 Å². The van der Waals surface area contributed by atoms with Crippen molar-refractivity contribution in [2.45, 2.75) is 26.4 Å². The van der Waals surface area contributed by atoms with Crippen molar-refractivity contribution in [3.05, 3.63) is 118 Å². The van der Waals surface area contributed by atoms with Crippen LogP contribution in [0.25, 0.3) is 10.6 Å². The molecule has 196 valence electrons. The van der Waals surface area contributed by atoms with Crippen molar-refractivity contribution in [2.75, 3.05) is 6.61 Å². The molecular formula is C30H25N3O5S. The van der Waals surface area contributed by atoms with Crippen LogP contribution in [0.1, 0.15) is 49.8 Å². The molecule has 1 unspecified atom stereocenters. The number of hydrogen-bond acceptors (Lipinski definition) is 8. The monoisotopic (exact) mass is 539 g/mol. The van der Waals surface area contributed by atoms with E-state index in [1.807, 2.05) is 30.3 Å². The largest absolute Gasteiger partial charge is 0.503 e. The number of amides is 1. The number of Topliss-reactive ketones (excluding diaryl/α,β-unsaturated/α-hetero) is 1. The van der Waals surface area contributed by atoms with Gasteiger partial charge in [-0.25, -0.2) is 9.78 Å². The minimum atomic E-state index is -0.856. The summed E-state index contributed by atoms with van der Waals surface area (Å²) in [6, 6.07) is 18.8.